The fourth-order valence-electron chi connectivity index (χ4n) is 3.32. The molecule has 1 N–H and O–H groups in total. The Morgan fingerprint density at radius 1 is 0.811 bits per heavy atom. The van der Waals surface area contributed by atoms with Crippen LogP contribution in [-0.2, 0) is 41.1 Å². The molecular weight excluding hydrogens is 493 g/mol. The summed E-state index contributed by atoms with van der Waals surface area (Å²) in [6, 6.07) is 23.8. The molecule has 0 aromatic heterocycles. The number of ether oxygens (including phenoxy) is 2. The minimum atomic E-state index is -3.77. The van der Waals surface area contributed by atoms with Crippen LogP contribution >= 0.6 is 7.60 Å². The second-order valence-corrected chi connectivity index (χ2v) is 11.2. The summed E-state index contributed by atoms with van der Waals surface area (Å²) in [4.78, 5) is 24.7. The number of benzene rings is 3. The van der Waals surface area contributed by atoms with E-state index in [9.17, 15) is 14.2 Å². The van der Waals surface area contributed by atoms with E-state index in [1.54, 1.807) is 45.0 Å². The standard InChI is InChI=1S/C28H32NO7P/c1-28(2,3)36-27(31)29-25(26(30)33-4)23-15-17-24(18-16-23)37(32,34-19-21-11-7-5-8-12-21)35-20-22-13-9-6-10-14-22/h5-18,25H,19-20H2,1-4H3,(H,29,31). The van der Waals surface area contributed by atoms with E-state index in [-0.39, 0.29) is 13.2 Å². The molecule has 0 saturated heterocycles. The number of rotatable bonds is 10. The zero-order chi connectivity index (χ0) is 26.9. The number of hydrogen-bond acceptors (Lipinski definition) is 7. The number of nitrogens with one attached hydrogen (secondary N) is 1. The molecule has 0 fully saturated rings. The first kappa shape index (κ1) is 28.1. The van der Waals surface area contributed by atoms with Crippen LogP contribution in [0.3, 0.4) is 0 Å². The molecule has 3 aromatic rings. The van der Waals surface area contributed by atoms with E-state index in [2.05, 4.69) is 5.32 Å². The Labute approximate surface area is 217 Å². The Kier molecular flexibility index (Phi) is 9.64. The van der Waals surface area contributed by atoms with Gasteiger partial charge in [-0.3, -0.25) is 4.57 Å². The Balaban J connectivity index is 1.84. The maximum Gasteiger partial charge on any atom is 0.408 e. The largest absolute Gasteiger partial charge is 0.467 e. The van der Waals surface area contributed by atoms with Gasteiger partial charge in [0.05, 0.1) is 25.6 Å². The molecule has 0 heterocycles. The van der Waals surface area contributed by atoms with E-state index in [1.807, 2.05) is 60.7 Å². The smallest absolute Gasteiger partial charge is 0.408 e. The van der Waals surface area contributed by atoms with Crippen molar-refractivity contribution in [3.8, 4) is 0 Å². The van der Waals surface area contributed by atoms with Crippen molar-refractivity contribution in [3.05, 3.63) is 102 Å². The van der Waals surface area contributed by atoms with Crippen molar-refractivity contribution < 1.29 is 32.7 Å². The number of esters is 1. The zero-order valence-electron chi connectivity index (χ0n) is 21.4. The molecule has 0 radical (unpaired) electrons. The lowest BCUT2D eigenvalue weighted by molar-refractivity contribution is -0.143. The molecule has 0 bridgehead atoms. The van der Waals surface area contributed by atoms with Crippen molar-refractivity contribution >= 4 is 25.0 Å². The lowest BCUT2D eigenvalue weighted by Crippen LogP contribution is -2.38. The number of alkyl carbamates (subject to hydrolysis) is 1. The zero-order valence-corrected chi connectivity index (χ0v) is 22.3. The number of hydrogen-bond donors (Lipinski definition) is 1. The molecule has 0 aliphatic carbocycles. The summed E-state index contributed by atoms with van der Waals surface area (Å²) in [6.07, 6.45) is -0.768. The molecule has 1 atom stereocenters. The van der Waals surface area contributed by atoms with Gasteiger partial charge in [-0.1, -0.05) is 72.8 Å². The molecule has 196 valence electrons. The molecule has 37 heavy (non-hydrogen) atoms. The van der Waals surface area contributed by atoms with Crippen LogP contribution in [0.1, 0.15) is 43.5 Å². The summed E-state index contributed by atoms with van der Waals surface area (Å²) < 4.78 is 35.8. The lowest BCUT2D eigenvalue weighted by Gasteiger charge is -2.23. The van der Waals surface area contributed by atoms with Crippen LogP contribution in [0, 0.1) is 0 Å². The van der Waals surface area contributed by atoms with Gasteiger partial charge in [0.1, 0.15) is 5.60 Å². The second-order valence-electron chi connectivity index (χ2n) is 9.21. The first-order valence-corrected chi connectivity index (χ1v) is 13.3. The molecule has 1 unspecified atom stereocenters. The Morgan fingerprint density at radius 3 is 1.73 bits per heavy atom. The quantitative estimate of drug-likeness (QED) is 0.269. The number of methoxy groups -OCH3 is 1. The van der Waals surface area contributed by atoms with Crippen molar-refractivity contribution in [2.75, 3.05) is 7.11 Å². The molecular formula is C28H32NO7P. The molecule has 3 rings (SSSR count). The first-order chi connectivity index (χ1) is 17.6. The van der Waals surface area contributed by atoms with E-state index < -0.39 is 31.3 Å². The predicted molar refractivity (Wildman–Crippen MR) is 140 cm³/mol. The van der Waals surface area contributed by atoms with Gasteiger partial charge >= 0.3 is 19.7 Å². The maximum atomic E-state index is 13.9. The minimum absolute atomic E-state index is 0.0830. The highest BCUT2D eigenvalue weighted by Gasteiger charge is 2.30. The highest BCUT2D eigenvalue weighted by Crippen LogP contribution is 2.48. The number of carbonyl (C=O) groups is 2. The van der Waals surface area contributed by atoms with Gasteiger partial charge < -0.3 is 23.8 Å². The van der Waals surface area contributed by atoms with Crippen molar-refractivity contribution in [3.63, 3.8) is 0 Å². The van der Waals surface area contributed by atoms with Gasteiger partial charge in [-0.25, -0.2) is 9.59 Å². The van der Waals surface area contributed by atoms with Crippen molar-refractivity contribution in [2.24, 2.45) is 0 Å². The Hall–Kier alpha value is -3.45. The molecule has 0 spiro atoms. The van der Waals surface area contributed by atoms with E-state index in [0.29, 0.717) is 10.9 Å². The molecule has 8 nitrogen and oxygen atoms in total. The molecule has 3 aromatic carbocycles. The molecule has 0 aliphatic heterocycles. The fraction of sp³-hybridized carbons (Fsp3) is 0.286. The monoisotopic (exact) mass is 525 g/mol. The predicted octanol–water partition coefficient (Wildman–Crippen LogP) is 5.68. The summed E-state index contributed by atoms with van der Waals surface area (Å²) in [5.74, 6) is -0.678. The van der Waals surface area contributed by atoms with Crippen LogP contribution in [0.2, 0.25) is 0 Å². The van der Waals surface area contributed by atoms with E-state index >= 15 is 0 Å². The third kappa shape index (κ3) is 8.57. The van der Waals surface area contributed by atoms with Gasteiger partial charge in [0, 0.05) is 0 Å². The van der Waals surface area contributed by atoms with Crippen LogP contribution in [0.4, 0.5) is 4.79 Å². The van der Waals surface area contributed by atoms with Crippen LogP contribution in [0.15, 0.2) is 84.9 Å². The molecule has 0 saturated carbocycles. The van der Waals surface area contributed by atoms with Crippen molar-refractivity contribution in [1.82, 2.24) is 5.32 Å². The van der Waals surface area contributed by atoms with Crippen molar-refractivity contribution in [2.45, 2.75) is 45.6 Å². The van der Waals surface area contributed by atoms with Gasteiger partial charge in [-0.05, 0) is 49.6 Å². The summed E-state index contributed by atoms with van der Waals surface area (Å²) in [6.45, 7) is 5.32. The van der Waals surface area contributed by atoms with E-state index in [4.69, 9.17) is 18.5 Å². The molecule has 1 amide bonds. The second kappa shape index (κ2) is 12.7. The third-order valence-corrected chi connectivity index (χ3v) is 7.00. The van der Waals surface area contributed by atoms with Gasteiger partial charge in [-0.2, -0.15) is 0 Å². The van der Waals surface area contributed by atoms with Crippen LogP contribution in [0.25, 0.3) is 0 Å². The number of carbonyl (C=O) groups excluding carboxylic acids is 2. The summed E-state index contributed by atoms with van der Waals surface area (Å²) >= 11 is 0. The average Bonchev–Trinajstić information content (AvgIpc) is 2.89. The summed E-state index contributed by atoms with van der Waals surface area (Å²) in [5, 5.41) is 2.83. The van der Waals surface area contributed by atoms with Crippen LogP contribution in [0.5, 0.6) is 0 Å². The van der Waals surface area contributed by atoms with Gasteiger partial charge in [-0.15, -0.1) is 0 Å². The number of amides is 1. The van der Waals surface area contributed by atoms with E-state index in [1.165, 1.54) is 7.11 Å². The maximum absolute atomic E-state index is 13.9. The highest BCUT2D eigenvalue weighted by atomic mass is 31.2. The first-order valence-electron chi connectivity index (χ1n) is 11.7. The van der Waals surface area contributed by atoms with Gasteiger partial charge in [0.25, 0.3) is 0 Å². The summed E-state index contributed by atoms with van der Waals surface area (Å²) in [5.41, 5.74) is 1.36. The summed E-state index contributed by atoms with van der Waals surface area (Å²) in [7, 11) is -2.54. The minimum Gasteiger partial charge on any atom is -0.467 e. The average molecular weight is 526 g/mol. The third-order valence-electron chi connectivity index (χ3n) is 5.13. The highest BCUT2D eigenvalue weighted by molar-refractivity contribution is 7.62. The van der Waals surface area contributed by atoms with E-state index in [0.717, 1.165) is 11.1 Å². The van der Waals surface area contributed by atoms with Gasteiger partial charge in [0.15, 0.2) is 6.04 Å². The van der Waals surface area contributed by atoms with Crippen molar-refractivity contribution in [1.29, 1.82) is 0 Å². The Morgan fingerprint density at radius 2 is 1.30 bits per heavy atom. The fourth-order valence-corrected chi connectivity index (χ4v) is 4.85. The SMILES string of the molecule is COC(=O)C(NC(=O)OC(C)(C)C)c1ccc(P(=O)(OCc2ccccc2)OCc2ccccc2)cc1. The Bertz CT molecular complexity index is 1160. The van der Waals surface area contributed by atoms with Crippen LogP contribution < -0.4 is 10.6 Å². The lowest BCUT2D eigenvalue weighted by atomic mass is 10.1. The molecule has 9 heteroatoms. The topological polar surface area (TPSA) is 100 Å². The van der Waals surface area contributed by atoms with Gasteiger partial charge in [0.2, 0.25) is 0 Å². The van der Waals surface area contributed by atoms with Crippen LogP contribution in [-0.4, -0.2) is 24.8 Å². The normalized spacial score (nSPS) is 12.4. The molecule has 0 aliphatic rings.